The van der Waals surface area contributed by atoms with Crippen LogP contribution in [-0.2, 0) is 11.0 Å². The molecule has 41 heavy (non-hydrogen) atoms. The van der Waals surface area contributed by atoms with E-state index in [1.54, 1.807) is 5.32 Å². The minimum atomic E-state index is -5.34. The first-order chi connectivity index (χ1) is 18.7. The highest BCUT2D eigenvalue weighted by molar-refractivity contribution is 6.37. The van der Waals surface area contributed by atoms with Gasteiger partial charge in [0.1, 0.15) is 24.3 Å². The minimum Gasteiger partial charge on any atom is -0.345 e. The zero-order chi connectivity index (χ0) is 31.5. The van der Waals surface area contributed by atoms with E-state index < -0.39 is 76.9 Å². The van der Waals surface area contributed by atoms with Gasteiger partial charge >= 0.3 is 18.5 Å². The molecular weight excluding hydrogens is 621 g/mol. The average Bonchev–Trinajstić information content (AvgIpc) is 2.83. The molecule has 0 aromatic heterocycles. The molecule has 16 heteroatoms. The summed E-state index contributed by atoms with van der Waals surface area (Å²) in [5.41, 5.74) is -4.48. The Balaban J connectivity index is 2.47. The highest BCUT2D eigenvalue weighted by Crippen LogP contribution is 2.42. The summed E-state index contributed by atoms with van der Waals surface area (Å²) >= 11 is 11.8. The number of nitrogens with one attached hydrogen (secondary N) is 2. The van der Waals surface area contributed by atoms with E-state index in [-0.39, 0.29) is 27.8 Å². The van der Waals surface area contributed by atoms with Gasteiger partial charge in [0, 0.05) is 21.2 Å². The van der Waals surface area contributed by atoms with Gasteiger partial charge in [0.25, 0.3) is 5.91 Å². The van der Waals surface area contributed by atoms with E-state index in [1.165, 1.54) is 11.4 Å². The first kappa shape index (κ1) is 33.9. The van der Waals surface area contributed by atoms with Crippen LogP contribution in [0.25, 0.3) is 11.9 Å². The van der Waals surface area contributed by atoms with Gasteiger partial charge in [-0.1, -0.05) is 41.9 Å². The maximum absolute atomic E-state index is 15.0. The maximum atomic E-state index is 15.0. The molecule has 0 saturated carbocycles. The standard InChI is InChI=1S/C25H18Cl2F10N2O2/c1-3-14-18(26)7-13(8-19(14)27)16(24(32,33)34)9-20(28)12-4-5-15(17(6-12)25(35,36)37)22(41)39-11(2)21(40)38-10-23(29,30)31/h3-9,11,16H,1,10H2,2H3,(H,38,40)(H,39,41)/b20-9-. The lowest BCUT2D eigenvalue weighted by Gasteiger charge is -2.20. The van der Waals surface area contributed by atoms with Crippen LogP contribution < -0.4 is 10.6 Å². The lowest BCUT2D eigenvalue weighted by molar-refractivity contribution is -0.140. The summed E-state index contributed by atoms with van der Waals surface area (Å²) in [6, 6.07) is 1.05. The topological polar surface area (TPSA) is 58.2 Å². The molecule has 0 fully saturated rings. The second-order valence-electron chi connectivity index (χ2n) is 8.42. The monoisotopic (exact) mass is 638 g/mol. The molecule has 2 rings (SSSR count). The number of carbonyl (C=O) groups is 2. The molecule has 0 heterocycles. The molecule has 0 saturated heterocycles. The largest absolute Gasteiger partial charge is 0.417 e. The number of amides is 2. The van der Waals surface area contributed by atoms with Crippen LogP contribution in [0.1, 0.15) is 45.5 Å². The van der Waals surface area contributed by atoms with Crippen LogP contribution in [0, 0.1) is 0 Å². The van der Waals surface area contributed by atoms with Crippen molar-refractivity contribution in [2.24, 2.45) is 0 Å². The van der Waals surface area contributed by atoms with Gasteiger partial charge in [-0.25, -0.2) is 4.39 Å². The number of hydrogen-bond acceptors (Lipinski definition) is 2. The molecule has 2 aromatic rings. The number of carbonyl (C=O) groups excluding carboxylic acids is 2. The van der Waals surface area contributed by atoms with Gasteiger partial charge in [-0.3, -0.25) is 9.59 Å². The zero-order valence-electron chi connectivity index (χ0n) is 20.5. The second kappa shape index (κ2) is 12.7. The van der Waals surface area contributed by atoms with Crippen molar-refractivity contribution < 1.29 is 53.5 Å². The summed E-state index contributed by atoms with van der Waals surface area (Å²) in [6.07, 6.45) is -14.1. The molecule has 0 aliphatic carbocycles. The number of hydrogen-bond donors (Lipinski definition) is 2. The Morgan fingerprint density at radius 3 is 2.00 bits per heavy atom. The van der Waals surface area contributed by atoms with Gasteiger partial charge in [0.2, 0.25) is 5.91 Å². The summed E-state index contributed by atoms with van der Waals surface area (Å²) in [5.74, 6) is -7.38. The van der Waals surface area contributed by atoms with Crippen molar-refractivity contribution in [3.05, 3.63) is 80.8 Å². The Bertz CT molecular complexity index is 1330. The van der Waals surface area contributed by atoms with Crippen molar-refractivity contribution in [1.29, 1.82) is 0 Å². The second-order valence-corrected chi connectivity index (χ2v) is 9.24. The van der Waals surface area contributed by atoms with Crippen molar-refractivity contribution in [1.82, 2.24) is 10.6 Å². The van der Waals surface area contributed by atoms with Crippen molar-refractivity contribution in [3.8, 4) is 0 Å². The normalized spacial score (nSPS) is 14.3. The number of rotatable bonds is 8. The summed E-state index contributed by atoms with van der Waals surface area (Å²) in [4.78, 5) is 24.2. The molecule has 2 amide bonds. The molecule has 0 aliphatic rings. The van der Waals surface area contributed by atoms with Crippen LogP contribution in [0.3, 0.4) is 0 Å². The van der Waals surface area contributed by atoms with Gasteiger partial charge < -0.3 is 10.6 Å². The van der Waals surface area contributed by atoms with Crippen LogP contribution >= 0.6 is 23.2 Å². The molecular formula is C25H18Cl2F10N2O2. The van der Waals surface area contributed by atoms with Crippen molar-refractivity contribution in [2.45, 2.75) is 37.4 Å². The van der Waals surface area contributed by atoms with E-state index in [9.17, 15) is 49.1 Å². The van der Waals surface area contributed by atoms with Crippen molar-refractivity contribution in [2.75, 3.05) is 6.54 Å². The van der Waals surface area contributed by atoms with Crippen LogP contribution in [0.15, 0.2) is 43.0 Å². The third kappa shape index (κ3) is 9.12. The third-order valence-electron chi connectivity index (χ3n) is 5.38. The van der Waals surface area contributed by atoms with E-state index >= 15 is 4.39 Å². The molecule has 4 nitrogen and oxygen atoms in total. The third-order valence-corrected chi connectivity index (χ3v) is 6.01. The number of alkyl halides is 9. The Morgan fingerprint density at radius 1 is 0.976 bits per heavy atom. The van der Waals surface area contributed by atoms with Gasteiger partial charge in [-0.15, -0.1) is 0 Å². The highest BCUT2D eigenvalue weighted by atomic mass is 35.5. The Morgan fingerprint density at radius 2 is 1.54 bits per heavy atom. The van der Waals surface area contributed by atoms with Crippen LogP contribution in [-0.4, -0.2) is 36.8 Å². The van der Waals surface area contributed by atoms with Crippen LogP contribution in [0.4, 0.5) is 43.9 Å². The Labute approximate surface area is 236 Å². The number of benzene rings is 2. The smallest absolute Gasteiger partial charge is 0.345 e. The molecule has 2 unspecified atom stereocenters. The molecule has 0 spiro atoms. The van der Waals surface area contributed by atoms with E-state index in [2.05, 4.69) is 6.58 Å². The number of halogens is 12. The fraction of sp³-hybridized carbons (Fsp3) is 0.280. The maximum Gasteiger partial charge on any atom is 0.417 e. The van der Waals surface area contributed by atoms with Gasteiger partial charge in [-0.05, 0) is 42.8 Å². The molecule has 0 radical (unpaired) electrons. The first-order valence-corrected chi connectivity index (χ1v) is 11.8. The lowest BCUT2D eigenvalue weighted by Crippen LogP contribution is -2.47. The molecule has 0 aliphatic heterocycles. The van der Waals surface area contributed by atoms with E-state index in [0.29, 0.717) is 12.1 Å². The van der Waals surface area contributed by atoms with Crippen LogP contribution in [0.2, 0.25) is 10.0 Å². The van der Waals surface area contributed by atoms with Gasteiger partial charge in [-0.2, -0.15) is 39.5 Å². The Kier molecular flexibility index (Phi) is 10.5. The average molecular weight is 639 g/mol. The molecule has 2 atom stereocenters. The highest BCUT2D eigenvalue weighted by Gasteiger charge is 2.41. The predicted molar refractivity (Wildman–Crippen MR) is 132 cm³/mol. The SMILES string of the molecule is C=Cc1c(Cl)cc(C(/C=C(\F)c2ccc(C(=O)NC(C)C(=O)NCC(F)(F)F)c(C(F)(F)F)c2)C(F)(F)F)cc1Cl. The quantitative estimate of drug-likeness (QED) is 0.287. The van der Waals surface area contributed by atoms with E-state index in [4.69, 9.17) is 23.2 Å². The van der Waals surface area contributed by atoms with Crippen molar-refractivity contribution in [3.63, 3.8) is 0 Å². The van der Waals surface area contributed by atoms with Gasteiger partial charge in [0.15, 0.2) is 0 Å². The van der Waals surface area contributed by atoms with E-state index in [0.717, 1.165) is 19.1 Å². The predicted octanol–water partition coefficient (Wildman–Crippen LogP) is 8.11. The minimum absolute atomic E-state index is 0.00212. The number of allylic oxidation sites excluding steroid dienone is 1. The molecule has 2 N–H and O–H groups in total. The first-order valence-electron chi connectivity index (χ1n) is 11.1. The summed E-state index contributed by atoms with van der Waals surface area (Å²) in [5, 5.41) is 2.72. The summed E-state index contributed by atoms with van der Waals surface area (Å²) < 4.78 is 134. The molecule has 0 bridgehead atoms. The lowest BCUT2D eigenvalue weighted by atomic mass is 9.94. The van der Waals surface area contributed by atoms with Gasteiger partial charge in [0.05, 0.1) is 11.1 Å². The molecule has 2 aromatic carbocycles. The van der Waals surface area contributed by atoms with E-state index in [1.807, 2.05) is 0 Å². The summed E-state index contributed by atoms with van der Waals surface area (Å²) in [6.45, 7) is 2.53. The fourth-order valence-corrected chi connectivity index (χ4v) is 4.06. The van der Waals surface area contributed by atoms with Crippen LogP contribution in [0.5, 0.6) is 0 Å². The van der Waals surface area contributed by atoms with Crippen molar-refractivity contribution >= 4 is 46.9 Å². The molecule has 224 valence electrons. The Hall–Kier alpha value is -3.26. The fourth-order valence-electron chi connectivity index (χ4n) is 3.41. The zero-order valence-corrected chi connectivity index (χ0v) is 22.0. The summed E-state index contributed by atoms with van der Waals surface area (Å²) in [7, 11) is 0.